The zero-order chi connectivity index (χ0) is 14.5. The predicted molar refractivity (Wildman–Crippen MR) is 76.0 cm³/mol. The van der Waals surface area contributed by atoms with Gasteiger partial charge in [0.15, 0.2) is 0 Å². The highest BCUT2D eigenvalue weighted by Crippen LogP contribution is 2.15. The van der Waals surface area contributed by atoms with Gasteiger partial charge >= 0.3 is 5.97 Å². The summed E-state index contributed by atoms with van der Waals surface area (Å²) in [4.78, 5) is 10.4. The maximum atomic E-state index is 10.4. The monoisotopic (exact) mass is 273 g/mol. The molecule has 0 bridgehead atoms. The molecule has 106 valence electrons. The number of benzene rings is 1. The van der Waals surface area contributed by atoms with Crippen LogP contribution < -0.4 is 0 Å². The molecule has 0 aliphatic rings. The number of aryl methyl sites for hydroxylation is 3. The van der Waals surface area contributed by atoms with Gasteiger partial charge in [-0.2, -0.15) is 0 Å². The van der Waals surface area contributed by atoms with Gasteiger partial charge in [0.1, 0.15) is 0 Å². The number of aromatic nitrogens is 3. The number of rotatable bonds is 6. The topological polar surface area (TPSA) is 68.0 Å². The third-order valence-corrected chi connectivity index (χ3v) is 3.21. The van der Waals surface area contributed by atoms with Crippen LogP contribution in [0.25, 0.3) is 5.69 Å². The molecule has 0 atom stereocenters. The van der Waals surface area contributed by atoms with Gasteiger partial charge in [0.25, 0.3) is 0 Å². The van der Waals surface area contributed by atoms with Gasteiger partial charge in [-0.1, -0.05) is 22.9 Å². The van der Waals surface area contributed by atoms with Crippen molar-refractivity contribution in [2.24, 2.45) is 0 Å². The van der Waals surface area contributed by atoms with E-state index in [1.807, 2.05) is 12.3 Å². The minimum absolute atomic E-state index is 0.213. The summed E-state index contributed by atoms with van der Waals surface area (Å²) in [5.41, 5.74) is 4.31. The number of hydrogen-bond acceptors (Lipinski definition) is 3. The number of nitrogens with zero attached hydrogens (tertiary/aromatic N) is 3. The molecule has 0 spiro atoms. The van der Waals surface area contributed by atoms with Crippen LogP contribution in [0.3, 0.4) is 0 Å². The molecule has 2 aromatic rings. The summed E-state index contributed by atoms with van der Waals surface area (Å²) < 4.78 is 1.78. The molecular formula is C15H19N3O2. The number of hydrogen-bond donors (Lipinski definition) is 1. The lowest BCUT2D eigenvalue weighted by Gasteiger charge is -2.05. The summed E-state index contributed by atoms with van der Waals surface area (Å²) in [5, 5.41) is 16.9. The zero-order valence-corrected chi connectivity index (χ0v) is 11.8. The third-order valence-electron chi connectivity index (χ3n) is 3.21. The van der Waals surface area contributed by atoms with Crippen molar-refractivity contribution >= 4 is 5.97 Å². The summed E-state index contributed by atoms with van der Waals surface area (Å²) in [6.07, 6.45) is 4.38. The predicted octanol–water partition coefficient (Wildman–Crippen LogP) is 2.68. The number of carboxylic acid groups (broad SMARTS) is 1. The molecule has 0 aliphatic heterocycles. The molecule has 0 saturated carbocycles. The van der Waals surface area contributed by atoms with Gasteiger partial charge in [0.2, 0.25) is 0 Å². The Morgan fingerprint density at radius 1 is 1.30 bits per heavy atom. The van der Waals surface area contributed by atoms with E-state index in [1.165, 1.54) is 5.56 Å². The Kier molecular flexibility index (Phi) is 4.50. The second kappa shape index (κ2) is 6.32. The molecule has 0 aliphatic carbocycles. The zero-order valence-electron chi connectivity index (χ0n) is 11.8. The smallest absolute Gasteiger partial charge is 0.303 e. The minimum atomic E-state index is -0.746. The van der Waals surface area contributed by atoms with Gasteiger partial charge in [-0.25, -0.2) is 4.68 Å². The van der Waals surface area contributed by atoms with Crippen molar-refractivity contribution in [3.05, 3.63) is 41.2 Å². The van der Waals surface area contributed by atoms with E-state index in [0.717, 1.165) is 29.8 Å². The largest absolute Gasteiger partial charge is 0.481 e. The maximum absolute atomic E-state index is 10.4. The quantitative estimate of drug-likeness (QED) is 0.822. The Balaban J connectivity index is 1.99. The Hall–Kier alpha value is -2.17. The first-order chi connectivity index (χ1) is 9.56. The molecule has 20 heavy (non-hydrogen) atoms. The van der Waals surface area contributed by atoms with E-state index in [-0.39, 0.29) is 6.42 Å². The lowest BCUT2D eigenvalue weighted by Crippen LogP contribution is -1.98. The van der Waals surface area contributed by atoms with Gasteiger partial charge < -0.3 is 5.11 Å². The molecule has 0 unspecified atom stereocenters. The number of carboxylic acids is 1. The van der Waals surface area contributed by atoms with E-state index < -0.39 is 5.97 Å². The van der Waals surface area contributed by atoms with Crippen molar-refractivity contribution in [1.29, 1.82) is 0 Å². The van der Waals surface area contributed by atoms with Crippen molar-refractivity contribution < 1.29 is 9.90 Å². The average Bonchev–Trinajstić information content (AvgIpc) is 2.83. The van der Waals surface area contributed by atoms with E-state index in [0.29, 0.717) is 6.42 Å². The highest BCUT2D eigenvalue weighted by Gasteiger charge is 2.06. The Bertz CT molecular complexity index is 605. The molecule has 1 heterocycles. The summed E-state index contributed by atoms with van der Waals surface area (Å²) >= 11 is 0. The van der Waals surface area contributed by atoms with Crippen LogP contribution >= 0.6 is 0 Å². The highest BCUT2D eigenvalue weighted by molar-refractivity contribution is 5.66. The summed E-state index contributed by atoms with van der Waals surface area (Å²) in [5.74, 6) is -0.746. The van der Waals surface area contributed by atoms with E-state index >= 15 is 0 Å². The Morgan fingerprint density at radius 2 is 2.10 bits per heavy atom. The molecule has 0 fully saturated rings. The van der Waals surface area contributed by atoms with Crippen molar-refractivity contribution in [1.82, 2.24) is 15.0 Å². The Morgan fingerprint density at radius 3 is 2.80 bits per heavy atom. The van der Waals surface area contributed by atoms with Crippen LogP contribution in [0.2, 0.25) is 0 Å². The fourth-order valence-corrected chi connectivity index (χ4v) is 2.18. The SMILES string of the molecule is Cc1ccc(-n2cc(CCCCC(=O)O)nn2)c(C)c1. The first-order valence-electron chi connectivity index (χ1n) is 6.77. The molecule has 1 N–H and O–H groups in total. The Labute approximate surface area is 118 Å². The molecular weight excluding hydrogens is 254 g/mol. The molecule has 1 aromatic heterocycles. The van der Waals surface area contributed by atoms with Crippen LogP contribution in [0.4, 0.5) is 0 Å². The van der Waals surface area contributed by atoms with E-state index in [2.05, 4.69) is 36.3 Å². The molecule has 0 saturated heterocycles. The second-order valence-electron chi connectivity index (χ2n) is 5.05. The second-order valence-corrected chi connectivity index (χ2v) is 5.05. The van der Waals surface area contributed by atoms with E-state index in [4.69, 9.17) is 5.11 Å². The van der Waals surface area contributed by atoms with Crippen molar-refractivity contribution in [2.75, 3.05) is 0 Å². The summed E-state index contributed by atoms with van der Waals surface area (Å²) in [7, 11) is 0. The lowest BCUT2D eigenvalue weighted by atomic mass is 10.1. The van der Waals surface area contributed by atoms with Gasteiger partial charge in [0, 0.05) is 6.42 Å². The lowest BCUT2D eigenvalue weighted by molar-refractivity contribution is -0.137. The van der Waals surface area contributed by atoms with Crippen LogP contribution in [0.1, 0.15) is 36.1 Å². The molecule has 1 aromatic carbocycles. The van der Waals surface area contributed by atoms with Crippen LogP contribution in [0.15, 0.2) is 24.4 Å². The fraction of sp³-hybridized carbons (Fsp3) is 0.400. The van der Waals surface area contributed by atoms with Crippen LogP contribution in [0.5, 0.6) is 0 Å². The van der Waals surface area contributed by atoms with Crippen LogP contribution in [-0.2, 0) is 11.2 Å². The average molecular weight is 273 g/mol. The van der Waals surface area contributed by atoms with Gasteiger partial charge in [-0.3, -0.25) is 4.79 Å². The normalized spacial score (nSPS) is 10.7. The van der Waals surface area contributed by atoms with E-state index in [9.17, 15) is 4.79 Å². The third kappa shape index (κ3) is 3.66. The summed E-state index contributed by atoms with van der Waals surface area (Å²) in [6.45, 7) is 4.11. The maximum Gasteiger partial charge on any atom is 0.303 e. The van der Waals surface area contributed by atoms with Crippen LogP contribution in [-0.4, -0.2) is 26.1 Å². The molecule has 5 heteroatoms. The van der Waals surface area contributed by atoms with Gasteiger partial charge in [-0.05, 0) is 44.7 Å². The number of unbranched alkanes of at least 4 members (excludes halogenated alkanes) is 1. The van der Waals surface area contributed by atoms with Crippen molar-refractivity contribution in [2.45, 2.75) is 39.5 Å². The molecule has 5 nitrogen and oxygen atoms in total. The standard InChI is InChI=1S/C15H19N3O2/c1-11-7-8-14(12(2)9-11)18-10-13(16-17-18)5-3-4-6-15(19)20/h7-10H,3-6H2,1-2H3,(H,19,20). The van der Waals surface area contributed by atoms with Crippen LogP contribution in [0, 0.1) is 13.8 Å². The minimum Gasteiger partial charge on any atom is -0.481 e. The fourth-order valence-electron chi connectivity index (χ4n) is 2.18. The number of aliphatic carboxylic acids is 1. The first kappa shape index (κ1) is 14.2. The molecule has 0 radical (unpaired) electrons. The number of carbonyl (C=O) groups is 1. The van der Waals surface area contributed by atoms with Gasteiger partial charge in [0.05, 0.1) is 17.6 Å². The first-order valence-corrected chi connectivity index (χ1v) is 6.77. The van der Waals surface area contributed by atoms with Gasteiger partial charge in [-0.15, -0.1) is 5.10 Å². The highest BCUT2D eigenvalue weighted by atomic mass is 16.4. The molecule has 0 amide bonds. The summed E-state index contributed by atoms with van der Waals surface area (Å²) in [6, 6.07) is 6.20. The molecule has 2 rings (SSSR count). The van der Waals surface area contributed by atoms with E-state index in [1.54, 1.807) is 4.68 Å². The van der Waals surface area contributed by atoms with Crippen molar-refractivity contribution in [3.63, 3.8) is 0 Å². The van der Waals surface area contributed by atoms with Crippen molar-refractivity contribution in [3.8, 4) is 5.69 Å².